The van der Waals surface area contributed by atoms with E-state index in [2.05, 4.69) is 10.2 Å². The highest BCUT2D eigenvalue weighted by Gasteiger charge is 2.16. The number of likely N-dealkylation sites (tertiary alicyclic amines) is 1. The van der Waals surface area contributed by atoms with E-state index in [1.165, 1.54) is 38.8 Å². The Morgan fingerprint density at radius 2 is 1.70 bits per heavy atom. The molecule has 1 saturated heterocycles. The average molecular weight is 374 g/mol. The van der Waals surface area contributed by atoms with Gasteiger partial charge < -0.3 is 19.7 Å². The summed E-state index contributed by atoms with van der Waals surface area (Å²) in [6, 6.07) is 5.19. The normalized spacial score (nSPS) is 17.2. The van der Waals surface area contributed by atoms with Crippen molar-refractivity contribution >= 4 is 11.7 Å². The largest absolute Gasteiger partial charge is 0.486 e. The molecule has 1 N–H and O–H groups in total. The van der Waals surface area contributed by atoms with Crippen molar-refractivity contribution in [3.63, 3.8) is 0 Å². The molecule has 1 amide bonds. The second-order valence-corrected chi connectivity index (χ2v) is 7.24. The van der Waals surface area contributed by atoms with Gasteiger partial charge in [-0.3, -0.25) is 9.59 Å². The highest BCUT2D eigenvalue weighted by atomic mass is 16.6. The number of nitrogens with zero attached hydrogens (tertiary/aromatic N) is 1. The zero-order valence-corrected chi connectivity index (χ0v) is 16.0. The van der Waals surface area contributed by atoms with Crippen molar-refractivity contribution in [1.29, 1.82) is 0 Å². The Hall–Kier alpha value is -2.08. The maximum Gasteiger partial charge on any atom is 0.220 e. The Morgan fingerprint density at radius 1 is 0.963 bits per heavy atom. The molecule has 2 aliphatic rings. The van der Waals surface area contributed by atoms with E-state index in [0.717, 1.165) is 13.0 Å². The van der Waals surface area contributed by atoms with Crippen molar-refractivity contribution in [1.82, 2.24) is 10.2 Å². The molecule has 6 heteroatoms. The van der Waals surface area contributed by atoms with Crippen molar-refractivity contribution in [2.24, 2.45) is 0 Å². The molecule has 1 fully saturated rings. The number of fused-ring (bicyclic) bond motifs is 1. The van der Waals surface area contributed by atoms with Gasteiger partial charge in [0.2, 0.25) is 5.91 Å². The standard InChI is InChI=1S/C21H30N2O4/c24-18(17-6-8-19-20(16-17)27-15-14-26-19)7-9-21(25)22-10-5-13-23-11-3-1-2-4-12-23/h6,8,16H,1-5,7,9-15H2,(H,22,25). The van der Waals surface area contributed by atoms with Crippen molar-refractivity contribution in [2.75, 3.05) is 39.4 Å². The molecular formula is C21H30N2O4. The molecule has 0 aromatic heterocycles. The van der Waals surface area contributed by atoms with Gasteiger partial charge in [-0.1, -0.05) is 12.8 Å². The van der Waals surface area contributed by atoms with Crippen LogP contribution in [0.25, 0.3) is 0 Å². The van der Waals surface area contributed by atoms with E-state index in [1.807, 2.05) is 0 Å². The Bertz CT molecular complexity index is 639. The lowest BCUT2D eigenvalue weighted by molar-refractivity contribution is -0.121. The molecular weight excluding hydrogens is 344 g/mol. The Balaban J connectivity index is 1.33. The number of carbonyl (C=O) groups is 2. The molecule has 6 nitrogen and oxygen atoms in total. The first-order valence-electron chi connectivity index (χ1n) is 10.1. The van der Waals surface area contributed by atoms with Crippen molar-refractivity contribution in [2.45, 2.75) is 44.9 Å². The van der Waals surface area contributed by atoms with Gasteiger partial charge in [0.15, 0.2) is 17.3 Å². The highest BCUT2D eigenvalue weighted by molar-refractivity contribution is 5.98. The topological polar surface area (TPSA) is 67.9 Å². The summed E-state index contributed by atoms with van der Waals surface area (Å²) < 4.78 is 11.0. The summed E-state index contributed by atoms with van der Waals surface area (Å²) in [5.41, 5.74) is 0.563. The fraction of sp³-hybridized carbons (Fsp3) is 0.619. The number of ether oxygens (including phenoxy) is 2. The Labute approximate surface area is 161 Å². The number of nitrogens with one attached hydrogen (secondary N) is 1. The molecule has 3 rings (SSSR count). The van der Waals surface area contributed by atoms with Crippen LogP contribution in [0.5, 0.6) is 11.5 Å². The molecule has 2 heterocycles. The molecule has 27 heavy (non-hydrogen) atoms. The van der Waals surface area contributed by atoms with Gasteiger partial charge in [-0.2, -0.15) is 0 Å². The molecule has 0 radical (unpaired) electrons. The van der Waals surface area contributed by atoms with Crippen molar-refractivity contribution < 1.29 is 19.1 Å². The van der Waals surface area contributed by atoms with Gasteiger partial charge in [-0.15, -0.1) is 0 Å². The van der Waals surface area contributed by atoms with Gasteiger partial charge in [-0.05, 0) is 57.1 Å². The number of hydrogen-bond acceptors (Lipinski definition) is 5. The molecule has 0 aliphatic carbocycles. The first-order chi connectivity index (χ1) is 13.2. The summed E-state index contributed by atoms with van der Waals surface area (Å²) in [6.45, 7) is 5.09. The van der Waals surface area contributed by atoms with E-state index in [-0.39, 0.29) is 24.5 Å². The minimum absolute atomic E-state index is 0.0494. The summed E-state index contributed by atoms with van der Waals surface area (Å²) in [4.78, 5) is 26.8. The van der Waals surface area contributed by atoms with Gasteiger partial charge >= 0.3 is 0 Å². The minimum Gasteiger partial charge on any atom is -0.486 e. The third-order valence-electron chi connectivity index (χ3n) is 5.12. The predicted molar refractivity (Wildman–Crippen MR) is 104 cm³/mol. The van der Waals surface area contributed by atoms with Crippen LogP contribution >= 0.6 is 0 Å². The maximum atomic E-state index is 12.3. The molecule has 0 bridgehead atoms. The van der Waals surface area contributed by atoms with Crippen LogP contribution in [0, 0.1) is 0 Å². The summed E-state index contributed by atoms with van der Waals surface area (Å²) in [7, 11) is 0. The zero-order chi connectivity index (χ0) is 18.9. The van der Waals surface area contributed by atoms with E-state index >= 15 is 0 Å². The van der Waals surface area contributed by atoms with Crippen LogP contribution in [0.2, 0.25) is 0 Å². The Kier molecular flexibility index (Phi) is 7.51. The molecule has 0 atom stereocenters. The third-order valence-corrected chi connectivity index (χ3v) is 5.12. The highest BCUT2D eigenvalue weighted by Crippen LogP contribution is 2.31. The van der Waals surface area contributed by atoms with Crippen LogP contribution in [0.4, 0.5) is 0 Å². The number of hydrogen-bond donors (Lipinski definition) is 1. The van der Waals surface area contributed by atoms with E-state index in [4.69, 9.17) is 9.47 Å². The lowest BCUT2D eigenvalue weighted by atomic mass is 10.1. The SMILES string of the molecule is O=C(CCC(=O)c1ccc2c(c1)OCCO2)NCCCN1CCCCCC1. The molecule has 1 aromatic carbocycles. The second-order valence-electron chi connectivity index (χ2n) is 7.24. The number of Topliss-reactive ketones (excluding diaryl/α,β-unsaturated/α-hetero) is 1. The fourth-order valence-electron chi connectivity index (χ4n) is 3.57. The van der Waals surface area contributed by atoms with E-state index in [0.29, 0.717) is 36.8 Å². The molecule has 0 saturated carbocycles. The zero-order valence-electron chi connectivity index (χ0n) is 16.0. The number of rotatable bonds is 8. The van der Waals surface area contributed by atoms with Crippen LogP contribution in [-0.4, -0.2) is 56.0 Å². The van der Waals surface area contributed by atoms with E-state index in [1.54, 1.807) is 18.2 Å². The summed E-state index contributed by atoms with van der Waals surface area (Å²) in [5, 5.41) is 2.93. The molecule has 148 valence electrons. The number of benzene rings is 1. The van der Waals surface area contributed by atoms with Crippen LogP contribution in [0.1, 0.15) is 55.3 Å². The first-order valence-corrected chi connectivity index (χ1v) is 10.1. The number of ketones is 1. The van der Waals surface area contributed by atoms with Gasteiger partial charge in [0, 0.05) is 24.9 Å². The summed E-state index contributed by atoms with van der Waals surface area (Å²) in [5.74, 6) is 1.16. The monoisotopic (exact) mass is 374 g/mol. The number of amides is 1. The van der Waals surface area contributed by atoms with E-state index < -0.39 is 0 Å². The third kappa shape index (κ3) is 6.24. The van der Waals surface area contributed by atoms with Gasteiger partial charge in [0.05, 0.1) is 0 Å². The lowest BCUT2D eigenvalue weighted by Gasteiger charge is -2.19. The van der Waals surface area contributed by atoms with Crippen molar-refractivity contribution in [3.05, 3.63) is 23.8 Å². The predicted octanol–water partition coefficient (Wildman–Crippen LogP) is 2.80. The molecule has 0 spiro atoms. The fourth-order valence-corrected chi connectivity index (χ4v) is 3.57. The average Bonchev–Trinajstić information content (AvgIpc) is 2.98. The first kappa shape index (κ1) is 19.7. The molecule has 0 unspecified atom stereocenters. The van der Waals surface area contributed by atoms with Crippen LogP contribution < -0.4 is 14.8 Å². The summed E-state index contributed by atoms with van der Waals surface area (Å²) >= 11 is 0. The van der Waals surface area contributed by atoms with Gasteiger partial charge in [0.1, 0.15) is 13.2 Å². The van der Waals surface area contributed by atoms with Crippen LogP contribution in [-0.2, 0) is 4.79 Å². The quantitative estimate of drug-likeness (QED) is 0.560. The van der Waals surface area contributed by atoms with Crippen LogP contribution in [0.15, 0.2) is 18.2 Å². The van der Waals surface area contributed by atoms with Crippen molar-refractivity contribution in [3.8, 4) is 11.5 Å². The molecule has 2 aliphatic heterocycles. The minimum atomic E-state index is -0.0586. The van der Waals surface area contributed by atoms with Crippen LogP contribution in [0.3, 0.4) is 0 Å². The smallest absolute Gasteiger partial charge is 0.220 e. The van der Waals surface area contributed by atoms with E-state index in [9.17, 15) is 9.59 Å². The molecule has 1 aromatic rings. The van der Waals surface area contributed by atoms with Gasteiger partial charge in [-0.25, -0.2) is 0 Å². The maximum absolute atomic E-state index is 12.3. The van der Waals surface area contributed by atoms with Gasteiger partial charge in [0.25, 0.3) is 0 Å². The Morgan fingerprint density at radius 3 is 2.48 bits per heavy atom. The second kappa shape index (κ2) is 10.3. The lowest BCUT2D eigenvalue weighted by Crippen LogP contribution is -2.30. The number of carbonyl (C=O) groups excluding carboxylic acids is 2. The summed E-state index contributed by atoms with van der Waals surface area (Å²) in [6.07, 6.45) is 6.63.